The average Bonchev–Trinajstić information content (AvgIpc) is 2.92. The van der Waals surface area contributed by atoms with Gasteiger partial charge in [0.15, 0.2) is 0 Å². The second kappa shape index (κ2) is 7.85. The number of nitrogens with zero attached hydrogens (tertiary/aromatic N) is 2. The zero-order valence-corrected chi connectivity index (χ0v) is 15.0. The lowest BCUT2D eigenvalue weighted by molar-refractivity contribution is -0.121. The molecule has 1 aliphatic heterocycles. The molecule has 1 atom stereocenters. The molecule has 128 valence electrons. The SMILES string of the molecule is Cc1cc(C)n(-c2ccccc2CNC(=O)CC2CSCCN2)n1. The summed E-state index contributed by atoms with van der Waals surface area (Å²) in [5, 5.41) is 11.0. The molecule has 2 heterocycles. The van der Waals surface area contributed by atoms with Crippen molar-refractivity contribution in [1.82, 2.24) is 20.4 Å². The highest BCUT2D eigenvalue weighted by Crippen LogP contribution is 2.17. The molecule has 1 unspecified atom stereocenters. The smallest absolute Gasteiger partial charge is 0.221 e. The van der Waals surface area contributed by atoms with Crippen LogP contribution in [0.1, 0.15) is 23.4 Å². The summed E-state index contributed by atoms with van der Waals surface area (Å²) in [5.74, 6) is 2.24. The summed E-state index contributed by atoms with van der Waals surface area (Å²) < 4.78 is 1.94. The number of carbonyl (C=O) groups excluding carboxylic acids is 1. The molecule has 2 N–H and O–H groups in total. The molecule has 0 spiro atoms. The fourth-order valence-corrected chi connectivity index (χ4v) is 3.93. The molecule has 1 aromatic heterocycles. The van der Waals surface area contributed by atoms with E-state index in [1.807, 2.05) is 54.6 Å². The van der Waals surface area contributed by atoms with Crippen molar-refractivity contribution in [2.45, 2.75) is 32.9 Å². The quantitative estimate of drug-likeness (QED) is 0.873. The zero-order chi connectivity index (χ0) is 16.9. The first-order chi connectivity index (χ1) is 11.6. The summed E-state index contributed by atoms with van der Waals surface area (Å²) >= 11 is 1.91. The number of benzene rings is 1. The Morgan fingerprint density at radius 2 is 2.25 bits per heavy atom. The number of rotatable bonds is 5. The van der Waals surface area contributed by atoms with Crippen LogP contribution in [-0.4, -0.2) is 39.8 Å². The molecule has 1 aromatic carbocycles. The van der Waals surface area contributed by atoms with Gasteiger partial charge in [0, 0.05) is 42.8 Å². The molecule has 1 aliphatic rings. The molecular formula is C18H24N4OS. The van der Waals surface area contributed by atoms with Crippen LogP contribution < -0.4 is 10.6 Å². The third-order valence-electron chi connectivity index (χ3n) is 4.14. The third kappa shape index (κ3) is 4.19. The fraction of sp³-hybridized carbons (Fsp3) is 0.444. The van der Waals surface area contributed by atoms with Gasteiger partial charge >= 0.3 is 0 Å². The molecule has 5 nitrogen and oxygen atoms in total. The summed E-state index contributed by atoms with van der Waals surface area (Å²) in [7, 11) is 0. The van der Waals surface area contributed by atoms with Gasteiger partial charge in [-0.25, -0.2) is 4.68 Å². The highest BCUT2D eigenvalue weighted by molar-refractivity contribution is 7.99. The minimum Gasteiger partial charge on any atom is -0.352 e. The maximum Gasteiger partial charge on any atom is 0.221 e. The predicted molar refractivity (Wildman–Crippen MR) is 98.6 cm³/mol. The number of hydrogen-bond acceptors (Lipinski definition) is 4. The van der Waals surface area contributed by atoms with Gasteiger partial charge in [0.1, 0.15) is 0 Å². The predicted octanol–water partition coefficient (Wildman–Crippen LogP) is 2.20. The summed E-state index contributed by atoms with van der Waals surface area (Å²) in [6.45, 7) is 5.54. The number of nitrogens with one attached hydrogen (secondary N) is 2. The van der Waals surface area contributed by atoms with Crippen molar-refractivity contribution in [3.8, 4) is 5.69 Å². The van der Waals surface area contributed by atoms with Crippen LogP contribution in [0.4, 0.5) is 0 Å². The number of carbonyl (C=O) groups is 1. The second-order valence-electron chi connectivity index (χ2n) is 6.17. The standard InChI is InChI=1S/C18H24N4OS/c1-13-9-14(2)22(21-13)17-6-4-3-5-15(17)11-20-18(23)10-16-12-24-8-7-19-16/h3-6,9,16,19H,7-8,10-12H2,1-2H3,(H,20,23). The van der Waals surface area contributed by atoms with Crippen molar-refractivity contribution in [3.05, 3.63) is 47.3 Å². The Bertz CT molecular complexity index is 707. The molecule has 3 rings (SSSR count). The number of hydrogen-bond donors (Lipinski definition) is 2. The lowest BCUT2D eigenvalue weighted by atomic mass is 10.1. The van der Waals surface area contributed by atoms with E-state index in [4.69, 9.17) is 0 Å². The van der Waals surface area contributed by atoms with Gasteiger partial charge in [-0.1, -0.05) is 18.2 Å². The monoisotopic (exact) mass is 344 g/mol. The summed E-state index contributed by atoms with van der Waals surface area (Å²) in [6, 6.07) is 10.4. The zero-order valence-electron chi connectivity index (χ0n) is 14.2. The van der Waals surface area contributed by atoms with Gasteiger partial charge in [-0.2, -0.15) is 16.9 Å². The number of amides is 1. The van der Waals surface area contributed by atoms with Crippen molar-refractivity contribution in [2.24, 2.45) is 0 Å². The van der Waals surface area contributed by atoms with E-state index in [0.29, 0.717) is 13.0 Å². The Balaban J connectivity index is 1.65. The summed E-state index contributed by atoms with van der Waals surface area (Å²) in [6.07, 6.45) is 0.537. The molecule has 24 heavy (non-hydrogen) atoms. The van der Waals surface area contributed by atoms with E-state index in [1.165, 1.54) is 0 Å². The van der Waals surface area contributed by atoms with Gasteiger partial charge in [0.2, 0.25) is 5.91 Å². The maximum atomic E-state index is 12.2. The Hall–Kier alpha value is -1.79. The minimum absolute atomic E-state index is 0.0955. The van der Waals surface area contributed by atoms with Gasteiger partial charge in [-0.3, -0.25) is 4.79 Å². The van der Waals surface area contributed by atoms with E-state index >= 15 is 0 Å². The van der Waals surface area contributed by atoms with Crippen LogP contribution in [0.3, 0.4) is 0 Å². The Kier molecular flexibility index (Phi) is 5.58. The summed E-state index contributed by atoms with van der Waals surface area (Å²) in [5.41, 5.74) is 4.18. The first kappa shape index (κ1) is 17.0. The molecule has 0 radical (unpaired) electrons. The maximum absolute atomic E-state index is 12.2. The van der Waals surface area contributed by atoms with Crippen LogP contribution in [0.2, 0.25) is 0 Å². The van der Waals surface area contributed by atoms with Crippen molar-refractivity contribution < 1.29 is 4.79 Å². The molecular weight excluding hydrogens is 320 g/mol. The number of para-hydroxylation sites is 1. The molecule has 0 saturated carbocycles. The largest absolute Gasteiger partial charge is 0.352 e. The van der Waals surface area contributed by atoms with Gasteiger partial charge < -0.3 is 10.6 Å². The van der Waals surface area contributed by atoms with Gasteiger partial charge in [-0.15, -0.1) is 0 Å². The lowest BCUT2D eigenvalue weighted by Gasteiger charge is -2.22. The van der Waals surface area contributed by atoms with E-state index in [1.54, 1.807) is 0 Å². The van der Waals surface area contributed by atoms with Gasteiger partial charge in [0.25, 0.3) is 0 Å². The van der Waals surface area contributed by atoms with Gasteiger partial charge in [-0.05, 0) is 31.5 Å². The topological polar surface area (TPSA) is 59.0 Å². The van der Waals surface area contributed by atoms with Crippen molar-refractivity contribution in [2.75, 3.05) is 18.1 Å². The van der Waals surface area contributed by atoms with Crippen LogP contribution in [0.5, 0.6) is 0 Å². The first-order valence-corrected chi connectivity index (χ1v) is 9.48. The second-order valence-corrected chi connectivity index (χ2v) is 7.32. The average molecular weight is 344 g/mol. The number of thioether (sulfide) groups is 1. The minimum atomic E-state index is 0.0955. The van der Waals surface area contributed by atoms with Crippen LogP contribution in [-0.2, 0) is 11.3 Å². The Labute approximate surface area is 147 Å². The molecule has 0 bridgehead atoms. The highest BCUT2D eigenvalue weighted by atomic mass is 32.2. The van der Waals surface area contributed by atoms with Crippen molar-refractivity contribution >= 4 is 17.7 Å². The Morgan fingerprint density at radius 3 is 2.96 bits per heavy atom. The summed E-state index contributed by atoms with van der Waals surface area (Å²) in [4.78, 5) is 12.2. The molecule has 1 saturated heterocycles. The number of aromatic nitrogens is 2. The van der Waals surface area contributed by atoms with Crippen molar-refractivity contribution in [1.29, 1.82) is 0 Å². The molecule has 1 amide bonds. The normalized spacial score (nSPS) is 17.7. The van der Waals surface area contributed by atoms with E-state index in [-0.39, 0.29) is 11.9 Å². The molecule has 2 aromatic rings. The van der Waals surface area contributed by atoms with Crippen LogP contribution in [0.25, 0.3) is 5.69 Å². The Morgan fingerprint density at radius 1 is 1.42 bits per heavy atom. The lowest BCUT2D eigenvalue weighted by Crippen LogP contribution is -2.41. The van der Waals surface area contributed by atoms with Crippen LogP contribution in [0.15, 0.2) is 30.3 Å². The van der Waals surface area contributed by atoms with E-state index in [9.17, 15) is 4.79 Å². The molecule has 6 heteroatoms. The third-order valence-corrected chi connectivity index (χ3v) is 5.27. The van der Waals surface area contributed by atoms with E-state index < -0.39 is 0 Å². The molecule has 1 fully saturated rings. The fourth-order valence-electron chi connectivity index (χ4n) is 2.98. The van der Waals surface area contributed by atoms with E-state index in [0.717, 1.165) is 40.7 Å². The molecule has 0 aliphatic carbocycles. The van der Waals surface area contributed by atoms with E-state index in [2.05, 4.69) is 21.8 Å². The van der Waals surface area contributed by atoms with Crippen LogP contribution in [0, 0.1) is 13.8 Å². The van der Waals surface area contributed by atoms with Gasteiger partial charge in [0.05, 0.1) is 11.4 Å². The van der Waals surface area contributed by atoms with Crippen molar-refractivity contribution in [3.63, 3.8) is 0 Å². The highest BCUT2D eigenvalue weighted by Gasteiger charge is 2.17. The van der Waals surface area contributed by atoms with Crippen LogP contribution >= 0.6 is 11.8 Å². The number of aryl methyl sites for hydroxylation is 2. The first-order valence-electron chi connectivity index (χ1n) is 8.33.